The molecule has 0 saturated heterocycles. The van der Waals surface area contributed by atoms with E-state index in [1.54, 1.807) is 0 Å². The summed E-state index contributed by atoms with van der Waals surface area (Å²) >= 11 is 0. The second kappa shape index (κ2) is 3.95. The molecule has 1 aromatic heterocycles. The van der Waals surface area contributed by atoms with Gasteiger partial charge in [-0.05, 0) is 43.3 Å². The van der Waals surface area contributed by atoms with Crippen LogP contribution in [0.5, 0.6) is 0 Å². The fraction of sp³-hybridized carbons (Fsp3) is 0.429. The predicted octanol–water partition coefficient (Wildman–Crippen LogP) is 2.77. The maximum absolute atomic E-state index is 3.26. The molecule has 0 bridgehead atoms. The Hall–Kier alpha value is -1.28. The number of rotatable bonds is 4. The van der Waals surface area contributed by atoms with Gasteiger partial charge in [0.1, 0.15) is 0 Å². The topological polar surface area (TPSA) is 17.0 Å². The van der Waals surface area contributed by atoms with E-state index in [0.717, 1.165) is 12.5 Å². The molecule has 16 heavy (non-hydrogen) atoms. The van der Waals surface area contributed by atoms with Gasteiger partial charge in [-0.3, -0.25) is 0 Å². The van der Waals surface area contributed by atoms with E-state index in [2.05, 4.69) is 40.2 Å². The molecule has 3 rings (SSSR count). The van der Waals surface area contributed by atoms with Crippen molar-refractivity contribution < 1.29 is 0 Å². The van der Waals surface area contributed by atoms with Gasteiger partial charge in [0.05, 0.1) is 0 Å². The van der Waals surface area contributed by atoms with Crippen LogP contribution >= 0.6 is 0 Å². The highest BCUT2D eigenvalue weighted by atomic mass is 15.0. The zero-order chi connectivity index (χ0) is 11.0. The number of aromatic nitrogens is 1. The van der Waals surface area contributed by atoms with Gasteiger partial charge in [-0.15, -0.1) is 0 Å². The van der Waals surface area contributed by atoms with E-state index in [9.17, 15) is 0 Å². The SMILES string of the molecule is CNCc1cc2ccccc2n1CC1CC1. The first kappa shape index (κ1) is 9.91. The van der Waals surface area contributed by atoms with Crippen LogP contribution in [0.2, 0.25) is 0 Å². The first-order valence-electron chi connectivity index (χ1n) is 6.10. The molecule has 0 atom stereocenters. The first-order valence-corrected chi connectivity index (χ1v) is 6.10. The van der Waals surface area contributed by atoms with Gasteiger partial charge < -0.3 is 9.88 Å². The van der Waals surface area contributed by atoms with Crippen molar-refractivity contribution >= 4 is 10.9 Å². The van der Waals surface area contributed by atoms with E-state index in [1.807, 2.05) is 7.05 Å². The maximum Gasteiger partial charge on any atom is 0.0483 e. The maximum atomic E-state index is 3.26. The van der Waals surface area contributed by atoms with Crippen molar-refractivity contribution in [3.8, 4) is 0 Å². The Labute approximate surface area is 96.3 Å². The first-order chi connectivity index (χ1) is 7.88. The fourth-order valence-corrected chi connectivity index (χ4v) is 2.37. The van der Waals surface area contributed by atoms with Gasteiger partial charge in [0.25, 0.3) is 0 Å². The zero-order valence-electron chi connectivity index (χ0n) is 9.74. The lowest BCUT2D eigenvalue weighted by atomic mass is 10.2. The molecule has 1 aliphatic rings. The van der Waals surface area contributed by atoms with Crippen molar-refractivity contribution in [3.05, 3.63) is 36.0 Å². The molecule has 1 N–H and O–H groups in total. The van der Waals surface area contributed by atoms with Crippen molar-refractivity contribution in [2.24, 2.45) is 5.92 Å². The third kappa shape index (κ3) is 1.74. The second-order valence-electron chi connectivity index (χ2n) is 4.78. The van der Waals surface area contributed by atoms with Crippen LogP contribution in [0, 0.1) is 5.92 Å². The Morgan fingerprint density at radius 1 is 1.31 bits per heavy atom. The Balaban J connectivity index is 2.06. The highest BCUT2D eigenvalue weighted by molar-refractivity contribution is 5.81. The van der Waals surface area contributed by atoms with Crippen molar-refractivity contribution in [1.29, 1.82) is 0 Å². The fourth-order valence-electron chi connectivity index (χ4n) is 2.37. The number of benzene rings is 1. The van der Waals surface area contributed by atoms with Crippen LogP contribution in [-0.4, -0.2) is 11.6 Å². The summed E-state index contributed by atoms with van der Waals surface area (Å²) in [5.41, 5.74) is 2.80. The third-order valence-electron chi connectivity index (χ3n) is 3.39. The van der Waals surface area contributed by atoms with E-state index >= 15 is 0 Å². The largest absolute Gasteiger partial charge is 0.343 e. The summed E-state index contributed by atoms with van der Waals surface area (Å²) in [5.74, 6) is 0.923. The predicted molar refractivity (Wildman–Crippen MR) is 67.4 cm³/mol. The summed E-state index contributed by atoms with van der Waals surface area (Å²) in [6, 6.07) is 11.0. The lowest BCUT2D eigenvalue weighted by molar-refractivity contribution is 0.606. The minimum Gasteiger partial charge on any atom is -0.343 e. The summed E-state index contributed by atoms with van der Waals surface area (Å²) in [4.78, 5) is 0. The molecule has 2 nitrogen and oxygen atoms in total. The second-order valence-corrected chi connectivity index (χ2v) is 4.78. The summed E-state index contributed by atoms with van der Waals surface area (Å²) < 4.78 is 2.49. The molecule has 1 aromatic carbocycles. The monoisotopic (exact) mass is 214 g/mol. The average Bonchev–Trinajstić information content (AvgIpc) is 3.04. The summed E-state index contributed by atoms with van der Waals surface area (Å²) in [6.45, 7) is 2.16. The molecule has 84 valence electrons. The van der Waals surface area contributed by atoms with Crippen LogP contribution in [-0.2, 0) is 13.1 Å². The molecule has 1 fully saturated rings. The van der Waals surface area contributed by atoms with Gasteiger partial charge in [-0.2, -0.15) is 0 Å². The highest BCUT2D eigenvalue weighted by Gasteiger charge is 2.23. The van der Waals surface area contributed by atoms with Crippen molar-refractivity contribution in [1.82, 2.24) is 9.88 Å². The number of para-hydroxylation sites is 1. The number of fused-ring (bicyclic) bond motifs is 1. The van der Waals surface area contributed by atoms with Crippen LogP contribution in [0.1, 0.15) is 18.5 Å². The molecule has 1 heterocycles. The van der Waals surface area contributed by atoms with Gasteiger partial charge in [0.15, 0.2) is 0 Å². The summed E-state index contributed by atoms with van der Waals surface area (Å²) in [6.07, 6.45) is 2.82. The van der Waals surface area contributed by atoms with E-state index in [0.29, 0.717) is 0 Å². The van der Waals surface area contributed by atoms with E-state index in [1.165, 1.54) is 36.0 Å². The molecule has 1 aliphatic carbocycles. The minimum absolute atomic E-state index is 0.923. The van der Waals surface area contributed by atoms with Gasteiger partial charge in [0.2, 0.25) is 0 Å². The minimum atomic E-state index is 0.923. The van der Waals surface area contributed by atoms with Crippen molar-refractivity contribution in [2.45, 2.75) is 25.9 Å². The molecular formula is C14H18N2. The average molecular weight is 214 g/mol. The number of hydrogen-bond donors (Lipinski definition) is 1. The molecule has 2 aromatic rings. The Morgan fingerprint density at radius 3 is 2.88 bits per heavy atom. The third-order valence-corrected chi connectivity index (χ3v) is 3.39. The zero-order valence-corrected chi connectivity index (χ0v) is 9.74. The number of hydrogen-bond acceptors (Lipinski definition) is 1. The molecule has 2 heteroatoms. The van der Waals surface area contributed by atoms with Gasteiger partial charge in [-0.1, -0.05) is 18.2 Å². The van der Waals surface area contributed by atoms with E-state index in [4.69, 9.17) is 0 Å². The van der Waals surface area contributed by atoms with Crippen molar-refractivity contribution in [2.75, 3.05) is 7.05 Å². The van der Waals surface area contributed by atoms with Gasteiger partial charge in [-0.25, -0.2) is 0 Å². The van der Waals surface area contributed by atoms with Crippen LogP contribution in [0.15, 0.2) is 30.3 Å². The van der Waals surface area contributed by atoms with Crippen LogP contribution < -0.4 is 5.32 Å². The Kier molecular flexibility index (Phi) is 2.44. The number of nitrogens with zero attached hydrogens (tertiary/aromatic N) is 1. The molecule has 0 unspecified atom stereocenters. The standard InChI is InChI=1S/C14H18N2/c1-15-9-13-8-12-4-2-3-5-14(12)16(13)10-11-6-7-11/h2-5,8,11,15H,6-7,9-10H2,1H3. The highest BCUT2D eigenvalue weighted by Crippen LogP contribution is 2.33. The van der Waals surface area contributed by atoms with Gasteiger partial charge >= 0.3 is 0 Å². The van der Waals surface area contributed by atoms with Gasteiger partial charge in [0, 0.05) is 24.3 Å². The van der Waals surface area contributed by atoms with Crippen molar-refractivity contribution in [3.63, 3.8) is 0 Å². The van der Waals surface area contributed by atoms with E-state index in [-0.39, 0.29) is 0 Å². The number of nitrogens with one attached hydrogen (secondary N) is 1. The molecule has 0 spiro atoms. The van der Waals surface area contributed by atoms with Crippen LogP contribution in [0.4, 0.5) is 0 Å². The van der Waals surface area contributed by atoms with Crippen LogP contribution in [0.25, 0.3) is 10.9 Å². The lowest BCUT2D eigenvalue weighted by Gasteiger charge is -2.09. The Bertz CT molecular complexity index is 494. The molecule has 0 amide bonds. The summed E-state index contributed by atoms with van der Waals surface area (Å²) in [7, 11) is 2.01. The smallest absolute Gasteiger partial charge is 0.0483 e. The quantitative estimate of drug-likeness (QED) is 0.828. The lowest BCUT2D eigenvalue weighted by Crippen LogP contribution is -2.12. The van der Waals surface area contributed by atoms with E-state index < -0.39 is 0 Å². The van der Waals surface area contributed by atoms with Crippen LogP contribution in [0.3, 0.4) is 0 Å². The Morgan fingerprint density at radius 2 is 2.12 bits per heavy atom. The molecule has 1 saturated carbocycles. The molecule has 0 radical (unpaired) electrons. The molecule has 0 aliphatic heterocycles. The normalized spacial score (nSPS) is 15.8. The molecular weight excluding hydrogens is 196 g/mol. The summed E-state index contributed by atoms with van der Waals surface area (Å²) in [5, 5.41) is 4.63.